The predicted molar refractivity (Wildman–Crippen MR) is 101 cm³/mol. The summed E-state index contributed by atoms with van der Waals surface area (Å²) >= 11 is 1.30. The quantitative estimate of drug-likeness (QED) is 0.570. The van der Waals surface area contributed by atoms with Gasteiger partial charge in [-0.05, 0) is 44.0 Å². The summed E-state index contributed by atoms with van der Waals surface area (Å²) in [7, 11) is -0.538. The first kappa shape index (κ1) is 19.6. The number of nitrogens with zero attached hydrogens (tertiary/aromatic N) is 2. The molecule has 0 radical (unpaired) electrons. The summed E-state index contributed by atoms with van der Waals surface area (Å²) in [6.07, 6.45) is 1.32. The highest BCUT2D eigenvalue weighted by Crippen LogP contribution is 2.23. The number of carbonyl (C=O) groups excluding carboxylic acids is 1. The molecule has 1 aromatic heterocycles. The molecule has 1 heterocycles. The number of carbonyl (C=O) groups is 1. The Kier molecular flexibility index (Phi) is 6.03. The smallest absolute Gasteiger partial charge is 0.244 e. The van der Waals surface area contributed by atoms with Crippen LogP contribution in [0.4, 0.5) is 0 Å². The van der Waals surface area contributed by atoms with Crippen LogP contribution in [0.3, 0.4) is 0 Å². The Labute approximate surface area is 153 Å². The van der Waals surface area contributed by atoms with E-state index in [0.717, 1.165) is 26.6 Å². The highest BCUT2D eigenvalue weighted by molar-refractivity contribution is 7.99. The zero-order valence-electron chi connectivity index (χ0n) is 15.0. The maximum absolute atomic E-state index is 12.5. The highest BCUT2D eigenvalue weighted by atomic mass is 32.2. The van der Waals surface area contributed by atoms with Gasteiger partial charge in [-0.1, -0.05) is 29.5 Å². The van der Waals surface area contributed by atoms with Gasteiger partial charge in [0.1, 0.15) is 4.90 Å². The number of ketones is 1. The van der Waals surface area contributed by atoms with E-state index in [9.17, 15) is 13.2 Å². The fraction of sp³-hybridized carbons (Fsp3) is 0.333. The summed E-state index contributed by atoms with van der Waals surface area (Å²) in [5.41, 5.74) is 3.84. The van der Waals surface area contributed by atoms with Crippen molar-refractivity contribution in [1.29, 1.82) is 0 Å². The third-order valence-electron chi connectivity index (χ3n) is 3.79. The van der Waals surface area contributed by atoms with Crippen molar-refractivity contribution in [2.45, 2.75) is 30.7 Å². The molecule has 134 valence electrons. The molecule has 25 heavy (non-hydrogen) atoms. The molecule has 1 aromatic carbocycles. The van der Waals surface area contributed by atoms with Gasteiger partial charge in [0.05, 0.1) is 10.8 Å². The lowest BCUT2D eigenvalue weighted by Gasteiger charge is -2.11. The van der Waals surface area contributed by atoms with Gasteiger partial charge in [-0.25, -0.2) is 17.7 Å². The Bertz CT molecular complexity index is 866. The van der Waals surface area contributed by atoms with Gasteiger partial charge in [0, 0.05) is 25.9 Å². The van der Waals surface area contributed by atoms with Crippen molar-refractivity contribution in [2.75, 3.05) is 19.8 Å². The number of aromatic nitrogens is 1. The molecule has 0 amide bonds. The largest absolute Gasteiger partial charge is 0.293 e. The van der Waals surface area contributed by atoms with E-state index in [1.54, 1.807) is 6.07 Å². The lowest BCUT2D eigenvalue weighted by molar-refractivity contribution is 0.102. The molecule has 0 aliphatic rings. The molecular weight excluding hydrogens is 356 g/mol. The van der Waals surface area contributed by atoms with Crippen LogP contribution in [0.25, 0.3) is 0 Å². The molecule has 0 aliphatic carbocycles. The van der Waals surface area contributed by atoms with E-state index < -0.39 is 10.0 Å². The molecule has 5 nitrogen and oxygen atoms in total. The van der Waals surface area contributed by atoms with Gasteiger partial charge in [0.2, 0.25) is 10.0 Å². The number of hydrogen-bond donors (Lipinski definition) is 0. The average molecular weight is 379 g/mol. The third kappa shape index (κ3) is 4.48. The van der Waals surface area contributed by atoms with E-state index in [1.165, 1.54) is 38.1 Å². The standard InChI is InChI=1S/C18H22N2O3S2/c1-12-8-13(2)18(14(3)9-12)16(21)11-24-17-7-6-15(10-19-17)25(22,23)20(4)5/h6-10H,11H2,1-5H3. The number of Topliss-reactive ketones (excluding diaryl/α,β-unsaturated/α-hetero) is 1. The minimum Gasteiger partial charge on any atom is -0.293 e. The van der Waals surface area contributed by atoms with E-state index >= 15 is 0 Å². The number of thioether (sulfide) groups is 1. The van der Waals surface area contributed by atoms with Gasteiger partial charge in [0.25, 0.3) is 0 Å². The first-order chi connectivity index (χ1) is 11.6. The van der Waals surface area contributed by atoms with E-state index in [1.807, 2.05) is 32.9 Å². The van der Waals surface area contributed by atoms with Gasteiger partial charge in [0.15, 0.2) is 5.78 Å². The van der Waals surface area contributed by atoms with E-state index in [-0.39, 0.29) is 16.4 Å². The van der Waals surface area contributed by atoms with Crippen LogP contribution in [0.5, 0.6) is 0 Å². The number of pyridine rings is 1. The molecular formula is C18H22N2O3S2. The van der Waals surface area contributed by atoms with Crippen LogP contribution in [0.2, 0.25) is 0 Å². The van der Waals surface area contributed by atoms with Crippen LogP contribution in [0, 0.1) is 20.8 Å². The van der Waals surface area contributed by atoms with Gasteiger partial charge in [-0.2, -0.15) is 0 Å². The fourth-order valence-corrected chi connectivity index (χ4v) is 4.21. The minimum absolute atomic E-state index is 0.0480. The van der Waals surface area contributed by atoms with Gasteiger partial charge >= 0.3 is 0 Å². The Hall–Kier alpha value is -1.70. The Morgan fingerprint density at radius 3 is 2.20 bits per heavy atom. The Morgan fingerprint density at radius 1 is 1.12 bits per heavy atom. The van der Waals surface area contributed by atoms with Crippen LogP contribution >= 0.6 is 11.8 Å². The van der Waals surface area contributed by atoms with Gasteiger partial charge in [-0.3, -0.25) is 4.79 Å². The molecule has 0 atom stereocenters. The first-order valence-electron chi connectivity index (χ1n) is 7.75. The third-order valence-corrected chi connectivity index (χ3v) is 6.54. The number of aryl methyl sites for hydroxylation is 3. The van der Waals surface area contributed by atoms with Crippen molar-refractivity contribution in [1.82, 2.24) is 9.29 Å². The second-order valence-electron chi connectivity index (χ2n) is 6.11. The molecule has 0 spiro atoms. The predicted octanol–water partition coefficient (Wildman–Crippen LogP) is 3.23. The lowest BCUT2D eigenvalue weighted by Crippen LogP contribution is -2.22. The van der Waals surface area contributed by atoms with E-state index in [0.29, 0.717) is 5.03 Å². The van der Waals surface area contributed by atoms with Crippen molar-refractivity contribution in [2.24, 2.45) is 0 Å². The molecule has 0 aliphatic heterocycles. The van der Waals surface area contributed by atoms with Crippen LogP contribution in [0.1, 0.15) is 27.0 Å². The van der Waals surface area contributed by atoms with Gasteiger partial charge in [-0.15, -0.1) is 0 Å². The van der Waals surface area contributed by atoms with Gasteiger partial charge < -0.3 is 0 Å². The van der Waals surface area contributed by atoms with Crippen molar-refractivity contribution in [3.05, 3.63) is 52.7 Å². The van der Waals surface area contributed by atoms with E-state index in [4.69, 9.17) is 0 Å². The SMILES string of the molecule is Cc1cc(C)c(C(=O)CSc2ccc(S(=O)(=O)N(C)C)cn2)c(C)c1. The maximum Gasteiger partial charge on any atom is 0.244 e. The van der Waals surface area contributed by atoms with Crippen LogP contribution in [-0.4, -0.2) is 43.3 Å². The molecule has 0 saturated heterocycles. The summed E-state index contributed by atoms with van der Waals surface area (Å²) in [6.45, 7) is 5.89. The number of sulfonamides is 1. The van der Waals surface area contributed by atoms with Crippen LogP contribution < -0.4 is 0 Å². The van der Waals surface area contributed by atoms with Crippen molar-refractivity contribution < 1.29 is 13.2 Å². The van der Waals surface area contributed by atoms with Crippen molar-refractivity contribution in [3.63, 3.8) is 0 Å². The molecule has 0 N–H and O–H groups in total. The maximum atomic E-state index is 12.5. The molecule has 0 saturated carbocycles. The summed E-state index contributed by atoms with van der Waals surface area (Å²) in [5.74, 6) is 0.309. The summed E-state index contributed by atoms with van der Waals surface area (Å²) < 4.78 is 25.2. The van der Waals surface area contributed by atoms with Crippen molar-refractivity contribution >= 4 is 27.6 Å². The van der Waals surface area contributed by atoms with E-state index in [2.05, 4.69) is 4.98 Å². The second-order valence-corrected chi connectivity index (χ2v) is 9.25. The minimum atomic E-state index is -3.49. The van der Waals surface area contributed by atoms with Crippen LogP contribution in [0.15, 0.2) is 40.4 Å². The molecule has 0 fully saturated rings. The average Bonchev–Trinajstić information content (AvgIpc) is 2.52. The number of hydrogen-bond acceptors (Lipinski definition) is 5. The zero-order valence-corrected chi connectivity index (χ0v) is 16.7. The molecule has 2 aromatic rings. The Morgan fingerprint density at radius 2 is 1.72 bits per heavy atom. The van der Waals surface area contributed by atoms with Crippen molar-refractivity contribution in [3.8, 4) is 0 Å². The topological polar surface area (TPSA) is 67.3 Å². The number of rotatable bonds is 6. The summed E-state index contributed by atoms with van der Waals surface area (Å²) in [5, 5.41) is 0.619. The molecule has 2 rings (SSSR count). The Balaban J connectivity index is 2.11. The molecule has 7 heteroatoms. The fourth-order valence-electron chi connectivity index (χ4n) is 2.65. The summed E-state index contributed by atoms with van der Waals surface area (Å²) in [6, 6.07) is 7.15. The lowest BCUT2D eigenvalue weighted by atomic mass is 9.97. The zero-order chi connectivity index (χ0) is 18.8. The summed E-state index contributed by atoms with van der Waals surface area (Å²) in [4.78, 5) is 16.8. The molecule has 0 bridgehead atoms. The normalized spacial score (nSPS) is 11.8. The second kappa shape index (κ2) is 7.68. The van der Waals surface area contributed by atoms with Crippen LogP contribution in [-0.2, 0) is 10.0 Å². The number of benzene rings is 1. The highest BCUT2D eigenvalue weighted by Gasteiger charge is 2.18. The first-order valence-corrected chi connectivity index (χ1v) is 10.2. The monoisotopic (exact) mass is 378 g/mol. The molecule has 0 unspecified atom stereocenters.